The van der Waals surface area contributed by atoms with Gasteiger partial charge in [0.25, 0.3) is 0 Å². The van der Waals surface area contributed by atoms with Gasteiger partial charge in [-0.05, 0) is 41.5 Å². The topological polar surface area (TPSA) is 57.9 Å². The van der Waals surface area contributed by atoms with Crippen LogP contribution in [0, 0.1) is 11.3 Å². The lowest BCUT2D eigenvalue weighted by Gasteiger charge is -2.17. The molecule has 0 bridgehead atoms. The molecular weight excluding hydrogens is 270 g/mol. The van der Waals surface area contributed by atoms with Crippen LogP contribution < -0.4 is 0 Å². The minimum atomic E-state index is -3.28. The summed E-state index contributed by atoms with van der Waals surface area (Å²) in [6.07, 6.45) is 0.594. The van der Waals surface area contributed by atoms with Crippen LogP contribution in [-0.4, -0.2) is 14.2 Å². The maximum absolute atomic E-state index is 12.4. The van der Waals surface area contributed by atoms with Crippen molar-refractivity contribution in [3.8, 4) is 6.07 Å². The summed E-state index contributed by atoms with van der Waals surface area (Å²) in [5, 5.41) is 9.27. The second-order valence-corrected chi connectivity index (χ2v) is 7.79. The predicted molar refractivity (Wildman–Crippen MR) is 81.7 cm³/mol. The third kappa shape index (κ3) is 3.40. The minimum absolute atomic E-state index is 0.0740. The maximum Gasteiger partial charge on any atom is 0.178 e. The Balaban J connectivity index is 3.65. The lowest BCUT2D eigenvalue weighted by molar-refractivity contribution is 0.592. The van der Waals surface area contributed by atoms with Gasteiger partial charge >= 0.3 is 0 Å². The molecule has 0 unspecified atom stereocenters. The van der Waals surface area contributed by atoms with Crippen molar-refractivity contribution in [2.24, 2.45) is 0 Å². The van der Waals surface area contributed by atoms with Gasteiger partial charge in [-0.25, -0.2) is 8.42 Å². The molecular formula is C16H23NO2S. The number of sulfone groups is 1. The zero-order chi connectivity index (χ0) is 15.5. The molecule has 1 aromatic rings. The SMILES string of the molecule is CCCS(=O)(=O)c1cc(C(C)C)c(C#N)cc1C(C)C. The molecule has 0 aromatic heterocycles. The molecule has 0 aliphatic heterocycles. The van der Waals surface area contributed by atoms with Gasteiger partial charge in [-0.1, -0.05) is 34.6 Å². The van der Waals surface area contributed by atoms with Crippen LogP contribution in [0.2, 0.25) is 0 Å². The lowest BCUT2D eigenvalue weighted by atomic mass is 9.92. The summed E-state index contributed by atoms with van der Waals surface area (Å²) in [5.41, 5.74) is 2.14. The molecule has 1 aromatic carbocycles. The normalized spacial score (nSPS) is 11.9. The van der Waals surface area contributed by atoms with Crippen molar-refractivity contribution >= 4 is 9.84 Å². The van der Waals surface area contributed by atoms with Crippen LogP contribution in [0.4, 0.5) is 0 Å². The van der Waals surface area contributed by atoms with E-state index in [0.717, 1.165) is 11.1 Å². The second kappa shape index (κ2) is 6.41. The van der Waals surface area contributed by atoms with Crippen LogP contribution in [0.25, 0.3) is 0 Å². The Morgan fingerprint density at radius 2 is 1.65 bits per heavy atom. The molecule has 0 radical (unpaired) electrons. The summed E-state index contributed by atoms with van der Waals surface area (Å²) in [5.74, 6) is 0.349. The van der Waals surface area contributed by atoms with Crippen molar-refractivity contribution < 1.29 is 8.42 Å². The van der Waals surface area contributed by atoms with E-state index < -0.39 is 9.84 Å². The fraction of sp³-hybridized carbons (Fsp3) is 0.562. The molecule has 0 N–H and O–H groups in total. The summed E-state index contributed by atoms with van der Waals surface area (Å²) in [4.78, 5) is 0.400. The minimum Gasteiger partial charge on any atom is -0.224 e. The number of rotatable bonds is 5. The summed E-state index contributed by atoms with van der Waals surface area (Å²) < 4.78 is 24.9. The van der Waals surface area contributed by atoms with Gasteiger partial charge in [0, 0.05) is 0 Å². The van der Waals surface area contributed by atoms with Crippen LogP contribution in [0.1, 0.15) is 69.6 Å². The number of nitriles is 1. The van der Waals surface area contributed by atoms with Gasteiger partial charge in [-0.2, -0.15) is 5.26 Å². The van der Waals surface area contributed by atoms with E-state index in [2.05, 4.69) is 6.07 Å². The average molecular weight is 293 g/mol. The first-order valence-corrected chi connectivity index (χ1v) is 8.70. The zero-order valence-corrected chi connectivity index (χ0v) is 13.7. The van der Waals surface area contributed by atoms with Crippen molar-refractivity contribution in [1.29, 1.82) is 5.26 Å². The van der Waals surface area contributed by atoms with E-state index >= 15 is 0 Å². The Kier molecular flexibility index (Phi) is 5.35. The fourth-order valence-electron chi connectivity index (χ4n) is 2.29. The largest absolute Gasteiger partial charge is 0.224 e. The van der Waals surface area contributed by atoms with Gasteiger partial charge in [0.15, 0.2) is 9.84 Å². The van der Waals surface area contributed by atoms with Gasteiger partial charge in [0.05, 0.1) is 22.3 Å². The predicted octanol–water partition coefficient (Wildman–Crippen LogP) is 3.99. The van der Waals surface area contributed by atoms with Crippen molar-refractivity contribution in [3.63, 3.8) is 0 Å². The lowest BCUT2D eigenvalue weighted by Crippen LogP contribution is -2.12. The molecule has 1 rings (SSSR count). The number of hydrogen-bond donors (Lipinski definition) is 0. The summed E-state index contributed by atoms with van der Waals surface area (Å²) in [6, 6.07) is 5.65. The van der Waals surface area contributed by atoms with Crippen LogP contribution in [0.5, 0.6) is 0 Å². The third-order valence-corrected chi connectivity index (χ3v) is 5.32. The number of benzene rings is 1. The first-order chi connectivity index (χ1) is 9.24. The molecule has 3 nitrogen and oxygen atoms in total. The average Bonchev–Trinajstić information content (AvgIpc) is 2.36. The Labute approximate surface area is 122 Å². The number of nitrogens with zero attached hydrogens (tertiary/aromatic N) is 1. The smallest absolute Gasteiger partial charge is 0.178 e. The Bertz CT molecular complexity index is 623. The molecule has 4 heteroatoms. The van der Waals surface area contributed by atoms with Crippen LogP contribution >= 0.6 is 0 Å². The standard InChI is InChI=1S/C16H23NO2S/c1-6-7-20(18,19)16-9-14(11(2)3)13(10-17)8-15(16)12(4)5/h8-9,11-12H,6-7H2,1-5H3. The van der Waals surface area contributed by atoms with Gasteiger partial charge < -0.3 is 0 Å². The van der Waals surface area contributed by atoms with E-state index in [1.165, 1.54) is 0 Å². The highest BCUT2D eigenvalue weighted by atomic mass is 32.2. The van der Waals surface area contributed by atoms with Crippen molar-refractivity contribution in [1.82, 2.24) is 0 Å². The van der Waals surface area contributed by atoms with E-state index in [4.69, 9.17) is 0 Å². The Morgan fingerprint density at radius 1 is 1.10 bits per heavy atom. The highest BCUT2D eigenvalue weighted by Gasteiger charge is 2.22. The molecule has 0 saturated heterocycles. The molecule has 110 valence electrons. The van der Waals surface area contributed by atoms with E-state index in [1.54, 1.807) is 12.1 Å². The van der Waals surface area contributed by atoms with Gasteiger partial charge in [0.2, 0.25) is 0 Å². The molecule has 0 spiro atoms. The molecule has 0 aliphatic rings. The van der Waals surface area contributed by atoms with Gasteiger partial charge in [0.1, 0.15) is 0 Å². The van der Waals surface area contributed by atoms with Gasteiger partial charge in [-0.3, -0.25) is 0 Å². The Morgan fingerprint density at radius 3 is 2.05 bits per heavy atom. The van der Waals surface area contributed by atoms with Crippen LogP contribution in [0.15, 0.2) is 17.0 Å². The van der Waals surface area contributed by atoms with Crippen LogP contribution in [-0.2, 0) is 9.84 Å². The Hall–Kier alpha value is -1.34. The maximum atomic E-state index is 12.4. The first kappa shape index (κ1) is 16.7. The van der Waals surface area contributed by atoms with Crippen molar-refractivity contribution in [2.45, 2.75) is 57.8 Å². The third-order valence-electron chi connectivity index (χ3n) is 3.35. The van der Waals surface area contributed by atoms with Crippen LogP contribution in [0.3, 0.4) is 0 Å². The van der Waals surface area contributed by atoms with E-state index in [-0.39, 0.29) is 17.6 Å². The highest BCUT2D eigenvalue weighted by molar-refractivity contribution is 7.91. The highest BCUT2D eigenvalue weighted by Crippen LogP contribution is 2.31. The van der Waals surface area contributed by atoms with E-state index in [0.29, 0.717) is 16.9 Å². The molecule has 0 fully saturated rings. The summed E-state index contributed by atoms with van der Waals surface area (Å²) in [7, 11) is -3.28. The molecule has 0 atom stereocenters. The second-order valence-electron chi connectivity index (χ2n) is 5.72. The van der Waals surface area contributed by atoms with Crippen molar-refractivity contribution in [3.05, 3.63) is 28.8 Å². The molecule has 20 heavy (non-hydrogen) atoms. The summed E-state index contributed by atoms with van der Waals surface area (Å²) >= 11 is 0. The monoisotopic (exact) mass is 293 g/mol. The summed E-state index contributed by atoms with van der Waals surface area (Å²) in [6.45, 7) is 9.72. The van der Waals surface area contributed by atoms with E-state index in [1.807, 2.05) is 34.6 Å². The zero-order valence-electron chi connectivity index (χ0n) is 12.9. The molecule has 0 aliphatic carbocycles. The van der Waals surface area contributed by atoms with E-state index in [9.17, 15) is 13.7 Å². The quantitative estimate of drug-likeness (QED) is 0.824. The first-order valence-electron chi connectivity index (χ1n) is 7.05. The molecule has 0 saturated carbocycles. The molecule has 0 heterocycles. The van der Waals surface area contributed by atoms with Gasteiger partial charge in [-0.15, -0.1) is 0 Å². The van der Waals surface area contributed by atoms with Crippen molar-refractivity contribution in [2.75, 3.05) is 5.75 Å². The molecule has 0 amide bonds. The number of hydrogen-bond acceptors (Lipinski definition) is 3. The fourth-order valence-corrected chi connectivity index (χ4v) is 4.00.